The molecule has 0 heterocycles. The summed E-state index contributed by atoms with van der Waals surface area (Å²) in [4.78, 5) is 0. The van der Waals surface area contributed by atoms with E-state index in [-0.39, 0.29) is 12.4 Å². The molecule has 17 heavy (non-hydrogen) atoms. The number of ether oxygens (including phenoxy) is 1. The van der Waals surface area contributed by atoms with E-state index in [0.717, 1.165) is 30.8 Å². The normalized spacial score (nSPS) is 9.88. The van der Waals surface area contributed by atoms with Crippen LogP contribution in [-0.2, 0) is 6.54 Å². The van der Waals surface area contributed by atoms with E-state index in [1.165, 1.54) is 0 Å². The van der Waals surface area contributed by atoms with Crippen molar-refractivity contribution in [1.29, 1.82) is 0 Å². The number of nitrogens with one attached hydrogen (secondary N) is 1. The van der Waals surface area contributed by atoms with Gasteiger partial charge in [0.1, 0.15) is 5.75 Å². The maximum atomic E-state index is 6.09. The highest BCUT2D eigenvalue weighted by atomic mass is 35.5. The van der Waals surface area contributed by atoms with Crippen molar-refractivity contribution in [3.05, 3.63) is 27.7 Å². The highest BCUT2D eigenvalue weighted by Gasteiger charge is 2.09. The van der Waals surface area contributed by atoms with Crippen molar-refractivity contribution >= 4 is 35.6 Å². The largest absolute Gasteiger partial charge is 0.492 e. The standard InChI is InChI=1S/C12H17Cl2NO.ClH/c1-3-5-15-8-9-6-10(13)7-11(14)12(9)16-4-2;/h6-7,15H,3-5,8H2,1-2H3;1H. The van der Waals surface area contributed by atoms with Gasteiger partial charge in [0.25, 0.3) is 0 Å². The monoisotopic (exact) mass is 297 g/mol. The summed E-state index contributed by atoms with van der Waals surface area (Å²) in [6.45, 7) is 6.36. The van der Waals surface area contributed by atoms with Crippen molar-refractivity contribution < 1.29 is 4.74 Å². The first-order valence-corrected chi connectivity index (χ1v) is 6.26. The fraction of sp³-hybridized carbons (Fsp3) is 0.500. The summed E-state index contributed by atoms with van der Waals surface area (Å²) in [6, 6.07) is 3.60. The fourth-order valence-electron chi connectivity index (χ4n) is 1.45. The summed E-state index contributed by atoms with van der Waals surface area (Å²) >= 11 is 12.1. The summed E-state index contributed by atoms with van der Waals surface area (Å²) in [7, 11) is 0. The summed E-state index contributed by atoms with van der Waals surface area (Å²) in [5, 5.41) is 4.52. The van der Waals surface area contributed by atoms with Crippen molar-refractivity contribution in [2.75, 3.05) is 13.2 Å². The first-order valence-electron chi connectivity index (χ1n) is 5.50. The molecule has 0 aromatic heterocycles. The Kier molecular flexibility index (Phi) is 8.79. The Bertz CT molecular complexity index is 345. The van der Waals surface area contributed by atoms with E-state index < -0.39 is 0 Å². The lowest BCUT2D eigenvalue weighted by molar-refractivity contribution is 0.335. The van der Waals surface area contributed by atoms with Gasteiger partial charge in [0.05, 0.1) is 11.6 Å². The van der Waals surface area contributed by atoms with Gasteiger partial charge in [0.2, 0.25) is 0 Å². The first kappa shape index (κ1) is 16.9. The zero-order chi connectivity index (χ0) is 12.0. The van der Waals surface area contributed by atoms with Crippen LogP contribution in [0.2, 0.25) is 10.0 Å². The van der Waals surface area contributed by atoms with Crippen molar-refractivity contribution in [1.82, 2.24) is 5.32 Å². The zero-order valence-electron chi connectivity index (χ0n) is 10.1. The van der Waals surface area contributed by atoms with Gasteiger partial charge in [-0.15, -0.1) is 12.4 Å². The molecule has 0 radical (unpaired) electrons. The minimum Gasteiger partial charge on any atom is -0.492 e. The number of hydrogen-bond donors (Lipinski definition) is 1. The van der Waals surface area contributed by atoms with E-state index >= 15 is 0 Å². The summed E-state index contributed by atoms with van der Waals surface area (Å²) in [6.07, 6.45) is 1.10. The molecule has 0 atom stereocenters. The van der Waals surface area contributed by atoms with Crippen molar-refractivity contribution in [3.63, 3.8) is 0 Å². The second kappa shape index (κ2) is 8.87. The molecule has 0 unspecified atom stereocenters. The van der Waals surface area contributed by atoms with E-state index in [4.69, 9.17) is 27.9 Å². The molecule has 5 heteroatoms. The number of hydrogen-bond acceptors (Lipinski definition) is 2. The average Bonchev–Trinajstić information content (AvgIpc) is 2.23. The van der Waals surface area contributed by atoms with Crippen molar-refractivity contribution in [2.24, 2.45) is 0 Å². The van der Waals surface area contributed by atoms with Gasteiger partial charge in [-0.05, 0) is 32.0 Å². The van der Waals surface area contributed by atoms with E-state index in [0.29, 0.717) is 16.7 Å². The lowest BCUT2D eigenvalue weighted by atomic mass is 10.2. The second-order valence-electron chi connectivity index (χ2n) is 3.49. The molecule has 2 nitrogen and oxygen atoms in total. The maximum absolute atomic E-state index is 6.09. The van der Waals surface area contributed by atoms with Crippen LogP contribution in [0.5, 0.6) is 5.75 Å². The number of rotatable bonds is 6. The molecule has 0 saturated heterocycles. The lowest BCUT2D eigenvalue weighted by Gasteiger charge is -2.13. The van der Waals surface area contributed by atoms with Crippen LogP contribution < -0.4 is 10.1 Å². The molecule has 0 aliphatic rings. The quantitative estimate of drug-likeness (QED) is 0.790. The van der Waals surface area contributed by atoms with Crippen LogP contribution in [-0.4, -0.2) is 13.2 Å². The Morgan fingerprint density at radius 1 is 1.24 bits per heavy atom. The summed E-state index contributed by atoms with van der Waals surface area (Å²) < 4.78 is 5.52. The average molecular weight is 299 g/mol. The number of benzene rings is 1. The van der Waals surface area contributed by atoms with Crippen LogP contribution >= 0.6 is 35.6 Å². The van der Waals surface area contributed by atoms with Crippen LogP contribution in [0.15, 0.2) is 12.1 Å². The first-order chi connectivity index (χ1) is 7.69. The molecule has 0 spiro atoms. The molecule has 0 saturated carbocycles. The van der Waals surface area contributed by atoms with Gasteiger partial charge in [0.15, 0.2) is 0 Å². The molecule has 0 fully saturated rings. The molecule has 0 amide bonds. The predicted molar refractivity (Wildman–Crippen MR) is 76.9 cm³/mol. The molecule has 1 aromatic rings. The van der Waals surface area contributed by atoms with Gasteiger partial charge in [0, 0.05) is 17.1 Å². The highest BCUT2D eigenvalue weighted by Crippen LogP contribution is 2.32. The third kappa shape index (κ3) is 5.35. The molecule has 1 N–H and O–H groups in total. The van der Waals surface area contributed by atoms with Gasteiger partial charge < -0.3 is 10.1 Å². The van der Waals surface area contributed by atoms with Crippen LogP contribution in [0, 0.1) is 0 Å². The van der Waals surface area contributed by atoms with Crippen molar-refractivity contribution in [2.45, 2.75) is 26.8 Å². The Morgan fingerprint density at radius 3 is 2.53 bits per heavy atom. The van der Waals surface area contributed by atoms with E-state index in [1.54, 1.807) is 6.07 Å². The molecule has 98 valence electrons. The molecule has 0 aliphatic heterocycles. The molecular formula is C12H18Cl3NO. The topological polar surface area (TPSA) is 21.3 Å². The van der Waals surface area contributed by atoms with Gasteiger partial charge in [-0.2, -0.15) is 0 Å². The van der Waals surface area contributed by atoms with Crippen LogP contribution in [0.4, 0.5) is 0 Å². The predicted octanol–water partition coefficient (Wildman–Crippen LogP) is 4.31. The molecule has 1 aromatic carbocycles. The third-order valence-electron chi connectivity index (χ3n) is 2.12. The molecule has 1 rings (SSSR count). The SMILES string of the molecule is CCCNCc1cc(Cl)cc(Cl)c1OCC.Cl. The molecule has 0 bridgehead atoms. The Morgan fingerprint density at radius 2 is 1.94 bits per heavy atom. The minimum absolute atomic E-state index is 0. The second-order valence-corrected chi connectivity index (χ2v) is 4.33. The van der Waals surface area contributed by atoms with Crippen LogP contribution in [0.25, 0.3) is 0 Å². The summed E-state index contributed by atoms with van der Waals surface area (Å²) in [5.41, 5.74) is 1.01. The zero-order valence-corrected chi connectivity index (χ0v) is 12.4. The fourth-order valence-corrected chi connectivity index (χ4v) is 2.04. The Balaban J connectivity index is 0.00000256. The molecule has 0 aliphatic carbocycles. The van der Waals surface area contributed by atoms with Crippen molar-refractivity contribution in [3.8, 4) is 5.75 Å². The van der Waals surface area contributed by atoms with E-state index in [1.807, 2.05) is 13.0 Å². The minimum atomic E-state index is 0. The smallest absolute Gasteiger partial charge is 0.142 e. The van der Waals surface area contributed by atoms with E-state index in [9.17, 15) is 0 Å². The van der Waals surface area contributed by atoms with Crippen LogP contribution in [0.1, 0.15) is 25.8 Å². The maximum Gasteiger partial charge on any atom is 0.142 e. The van der Waals surface area contributed by atoms with Gasteiger partial charge >= 0.3 is 0 Å². The third-order valence-corrected chi connectivity index (χ3v) is 2.62. The lowest BCUT2D eigenvalue weighted by Crippen LogP contribution is -2.14. The highest BCUT2D eigenvalue weighted by molar-refractivity contribution is 6.35. The van der Waals surface area contributed by atoms with Gasteiger partial charge in [-0.1, -0.05) is 30.1 Å². The molecular weight excluding hydrogens is 280 g/mol. The Labute approximate surface area is 119 Å². The Hall–Kier alpha value is -0.150. The van der Waals surface area contributed by atoms with E-state index in [2.05, 4.69) is 12.2 Å². The van der Waals surface area contributed by atoms with Gasteiger partial charge in [-0.3, -0.25) is 0 Å². The van der Waals surface area contributed by atoms with Crippen LogP contribution in [0.3, 0.4) is 0 Å². The van der Waals surface area contributed by atoms with Gasteiger partial charge in [-0.25, -0.2) is 0 Å². The number of halogens is 3. The summed E-state index contributed by atoms with van der Waals surface area (Å²) in [5.74, 6) is 0.733.